The number of phosphoric acid groups is 1. The summed E-state index contributed by atoms with van der Waals surface area (Å²) in [6.45, 7) is 9.55. The van der Waals surface area contributed by atoms with E-state index in [4.69, 9.17) is 24.3 Å². The van der Waals surface area contributed by atoms with Crippen molar-refractivity contribution in [3.05, 3.63) is 93.3 Å². The van der Waals surface area contributed by atoms with E-state index >= 15 is 0 Å². The Kier molecular flexibility index (Phi) is 14.2. The normalized spacial score (nSPS) is 22.2. The van der Waals surface area contributed by atoms with E-state index in [2.05, 4.69) is 79.2 Å². The predicted octanol–water partition coefficient (Wildman–Crippen LogP) is 4.41. The van der Waals surface area contributed by atoms with Crippen molar-refractivity contribution in [3.63, 3.8) is 0 Å². The number of hydrogen-bond donors (Lipinski definition) is 5. The number of ether oxygens (including phenoxy) is 2. The van der Waals surface area contributed by atoms with Gasteiger partial charge in [0.1, 0.15) is 49.2 Å². The summed E-state index contributed by atoms with van der Waals surface area (Å²) in [5.74, 6) is 1.97. The monoisotopic (exact) mass is 991 g/mol. The molecule has 376 valence electrons. The fourth-order valence-corrected chi connectivity index (χ4v) is 11.7. The lowest BCUT2D eigenvalue weighted by Crippen LogP contribution is -2.39. The van der Waals surface area contributed by atoms with Gasteiger partial charge in [0.25, 0.3) is 5.91 Å². The van der Waals surface area contributed by atoms with Crippen molar-refractivity contribution in [2.24, 2.45) is 0 Å². The van der Waals surface area contributed by atoms with Gasteiger partial charge in [0.2, 0.25) is 17.2 Å². The number of aliphatic hydroxyl groups excluding tert-OH is 1. The number of carbonyl (C=O) groups is 2. The number of benzene rings is 3. The van der Waals surface area contributed by atoms with Crippen molar-refractivity contribution in [1.29, 1.82) is 0 Å². The molecule has 2 aromatic heterocycles. The Balaban J connectivity index is 0.735. The second kappa shape index (κ2) is 20.6. The molecule has 3 aromatic carbocycles. The molecular formula is C51H64N10O9P+. The lowest BCUT2D eigenvalue weighted by Gasteiger charge is -2.33. The molecule has 19 nitrogen and oxygen atoms in total. The summed E-state index contributed by atoms with van der Waals surface area (Å²) in [7, 11) is -2.51. The molecule has 5 aliphatic rings. The first-order chi connectivity index (χ1) is 34.4. The van der Waals surface area contributed by atoms with Crippen molar-refractivity contribution >= 4 is 53.8 Å². The van der Waals surface area contributed by atoms with Crippen LogP contribution >= 0.6 is 7.82 Å². The highest BCUT2D eigenvalue weighted by molar-refractivity contribution is 7.47. The molecule has 0 saturated carbocycles. The summed E-state index contributed by atoms with van der Waals surface area (Å²) in [5.41, 5.74) is 14.1. The first kappa shape index (κ1) is 48.7. The summed E-state index contributed by atoms with van der Waals surface area (Å²) >= 11 is 0. The highest BCUT2D eigenvalue weighted by atomic mass is 31.2. The zero-order valence-electron chi connectivity index (χ0n) is 40.6. The van der Waals surface area contributed by atoms with Crippen LogP contribution < -0.4 is 41.2 Å². The minimum Gasteiger partial charge on any atom is -0.456 e. The standard InChI is InChI=1S/C51H63N10O9P/c1-4-59-23-12-15-31-25-35-39(27-37(31)59)68-40-28-38-32(16-13-24-60(38)5-2)26-36(40)43(35)33-17-8-9-18-34(33)49(64)58(3)22-14-19-42(62)53-20-10-6-7-11-21-54-51-57-44-47(52)55-30-56-48(44)61(51)50-45(63)46-41(69-50)29-67-71(65,66)70-46/h8-9,17-18,25-28,30,41,45-46,50,52,63H,4-7,10-16,19-24,29H2,1-3H3,(H3,53,62,64,65,66)/p+1/t41-,45-,46-,50-/m1/s1. The van der Waals surface area contributed by atoms with Crippen LogP contribution in [-0.4, -0.2) is 124 Å². The number of imidazole rings is 1. The zero-order valence-corrected chi connectivity index (χ0v) is 41.5. The summed E-state index contributed by atoms with van der Waals surface area (Å²) in [6.07, 6.45) is 5.33. The third-order valence-electron chi connectivity index (χ3n) is 14.4. The van der Waals surface area contributed by atoms with Crippen LogP contribution in [0.15, 0.2) is 54.9 Å². The molecule has 2 fully saturated rings. The van der Waals surface area contributed by atoms with Gasteiger partial charge in [0.15, 0.2) is 23.2 Å². The van der Waals surface area contributed by atoms with Gasteiger partial charge in [0, 0.05) is 91.8 Å². The van der Waals surface area contributed by atoms with E-state index in [-0.39, 0.29) is 24.2 Å². The van der Waals surface area contributed by atoms with Gasteiger partial charge in [-0.1, -0.05) is 31.0 Å². The highest BCUT2D eigenvalue weighted by Gasteiger charge is 2.53. The van der Waals surface area contributed by atoms with Gasteiger partial charge < -0.3 is 45.6 Å². The van der Waals surface area contributed by atoms with Crippen molar-refractivity contribution < 1.29 is 42.7 Å². The summed E-state index contributed by atoms with van der Waals surface area (Å²) in [4.78, 5) is 54.4. The molecule has 0 radical (unpaired) electrons. The van der Waals surface area contributed by atoms with Gasteiger partial charge in [-0.3, -0.25) is 23.2 Å². The number of unbranched alkanes of at least 4 members (excludes halogenated alkanes) is 3. The molecule has 5 atom stereocenters. The minimum absolute atomic E-state index is 0.0509. The van der Waals surface area contributed by atoms with Crippen LogP contribution in [0.2, 0.25) is 0 Å². The SMILES string of the molecule is CCN1CCCc2cc3c(cc21)Oc1cc2c(cc1=C3c1ccccc1C(=O)N(C)CCCC(=O)NCCCCCCNc1nc3c(N)ncnc3n1[C@@H]1O[C@@H]3COP(=O)(O)O[C@H]3[C@H]1O)CCC[N+]=2CC. The molecule has 5 aliphatic heterocycles. The van der Waals surface area contributed by atoms with Gasteiger partial charge >= 0.3 is 7.82 Å². The Labute approximate surface area is 412 Å². The number of hydrogen-bond acceptors (Lipinski definition) is 14. The van der Waals surface area contributed by atoms with Gasteiger partial charge in [0.05, 0.1) is 12.7 Å². The molecule has 6 N–H and O–H groups in total. The van der Waals surface area contributed by atoms with E-state index in [0.29, 0.717) is 55.2 Å². The molecule has 1 unspecified atom stereocenters. The average Bonchev–Trinajstić information content (AvgIpc) is 3.90. The number of anilines is 3. The van der Waals surface area contributed by atoms with Crippen LogP contribution in [0.3, 0.4) is 0 Å². The first-order valence-electron chi connectivity index (χ1n) is 25.1. The number of rotatable bonds is 17. The maximum absolute atomic E-state index is 14.5. The van der Waals surface area contributed by atoms with E-state index in [0.717, 1.165) is 111 Å². The molecule has 20 heteroatoms. The molecule has 0 bridgehead atoms. The summed E-state index contributed by atoms with van der Waals surface area (Å²) < 4.78 is 39.0. The number of fused-ring (bicyclic) bond motifs is 6. The van der Waals surface area contributed by atoms with Gasteiger partial charge in [-0.25, -0.2) is 24.1 Å². The van der Waals surface area contributed by atoms with Crippen molar-refractivity contribution in [1.82, 2.24) is 34.3 Å². The van der Waals surface area contributed by atoms with Crippen LogP contribution in [0.5, 0.6) is 11.5 Å². The van der Waals surface area contributed by atoms with Crippen LogP contribution in [0.4, 0.5) is 17.5 Å². The quantitative estimate of drug-likeness (QED) is 0.0484. The Morgan fingerprint density at radius 3 is 2.63 bits per heavy atom. The number of nitrogens with one attached hydrogen (secondary N) is 2. The van der Waals surface area contributed by atoms with E-state index in [1.165, 1.54) is 28.5 Å². The molecule has 7 heterocycles. The van der Waals surface area contributed by atoms with E-state index < -0.39 is 32.4 Å². The molecule has 0 spiro atoms. The number of amides is 2. The number of nitrogens with zero attached hydrogens (tertiary/aromatic N) is 7. The molecule has 0 aliphatic carbocycles. The smallest absolute Gasteiger partial charge is 0.456 e. The molecular weight excluding hydrogens is 928 g/mol. The minimum atomic E-state index is -4.32. The van der Waals surface area contributed by atoms with Crippen molar-refractivity contribution in [2.75, 3.05) is 75.4 Å². The molecule has 2 saturated heterocycles. The predicted molar refractivity (Wildman–Crippen MR) is 268 cm³/mol. The number of phosphoric ester groups is 1. The Morgan fingerprint density at radius 1 is 0.986 bits per heavy atom. The third-order valence-corrected chi connectivity index (χ3v) is 15.4. The number of nitrogens with two attached hydrogens (primary N) is 1. The topological polar surface area (TPSA) is 232 Å². The van der Waals surface area contributed by atoms with Crippen LogP contribution in [0.25, 0.3) is 16.7 Å². The lowest BCUT2D eigenvalue weighted by atomic mass is 9.86. The zero-order chi connectivity index (χ0) is 49.4. The number of aryl methyl sites for hydroxylation is 2. The van der Waals surface area contributed by atoms with Crippen LogP contribution in [0.1, 0.15) is 104 Å². The fraction of sp³-hybridized carbons (Fsp3) is 0.490. The molecule has 10 rings (SSSR count). The Hall–Kier alpha value is -5.95. The second-order valence-corrected chi connectivity index (χ2v) is 20.4. The molecule has 5 aromatic rings. The molecule has 71 heavy (non-hydrogen) atoms. The summed E-state index contributed by atoms with van der Waals surface area (Å²) in [5, 5.41) is 19.7. The number of aromatic nitrogens is 4. The summed E-state index contributed by atoms with van der Waals surface area (Å²) in [6, 6.07) is 16.9. The second-order valence-electron chi connectivity index (χ2n) is 19.0. The number of nitrogen functional groups attached to an aromatic ring is 1. The maximum atomic E-state index is 14.5. The van der Waals surface area contributed by atoms with Crippen LogP contribution in [0, 0.1) is 0 Å². The lowest BCUT2D eigenvalue weighted by molar-refractivity contribution is -0.121. The van der Waals surface area contributed by atoms with Crippen molar-refractivity contribution in [2.45, 2.75) is 103 Å². The van der Waals surface area contributed by atoms with Gasteiger partial charge in [-0.15, -0.1) is 0 Å². The van der Waals surface area contributed by atoms with Gasteiger partial charge in [-0.05, 0) is 81.7 Å². The number of carbonyl (C=O) groups excluding carboxylic acids is 2. The van der Waals surface area contributed by atoms with E-state index in [1.807, 2.05) is 25.2 Å². The fourth-order valence-electron chi connectivity index (χ4n) is 10.8. The Bertz CT molecular complexity index is 3040. The third kappa shape index (κ3) is 9.75. The van der Waals surface area contributed by atoms with Crippen LogP contribution in [-0.2, 0) is 36.0 Å². The number of aliphatic hydroxyl groups is 1. The first-order valence-corrected chi connectivity index (χ1v) is 26.6. The van der Waals surface area contributed by atoms with Crippen molar-refractivity contribution in [3.8, 4) is 11.5 Å². The average molecular weight is 992 g/mol. The Morgan fingerprint density at radius 2 is 1.80 bits per heavy atom. The van der Waals surface area contributed by atoms with E-state index in [9.17, 15) is 24.2 Å². The largest absolute Gasteiger partial charge is 0.472 e. The maximum Gasteiger partial charge on any atom is 0.472 e. The highest BCUT2D eigenvalue weighted by Crippen LogP contribution is 2.53. The van der Waals surface area contributed by atoms with E-state index in [1.54, 1.807) is 9.47 Å². The van der Waals surface area contributed by atoms with Gasteiger partial charge in [-0.2, -0.15) is 0 Å². The molecule has 2 amide bonds.